The minimum Gasteiger partial charge on any atom is -0.497 e. The van der Waals surface area contributed by atoms with Crippen molar-refractivity contribution in [3.05, 3.63) is 58.9 Å². The summed E-state index contributed by atoms with van der Waals surface area (Å²) in [4.78, 5) is 0. The molecule has 21 heavy (non-hydrogen) atoms. The van der Waals surface area contributed by atoms with E-state index in [1.165, 1.54) is 6.07 Å². The van der Waals surface area contributed by atoms with E-state index in [2.05, 4.69) is 11.4 Å². The molecule has 3 nitrogen and oxygen atoms in total. The van der Waals surface area contributed by atoms with Gasteiger partial charge in [-0.15, -0.1) is 0 Å². The number of hydrogen-bond donors (Lipinski definition) is 1. The van der Waals surface area contributed by atoms with Crippen LogP contribution in [-0.2, 0) is 0 Å². The van der Waals surface area contributed by atoms with Gasteiger partial charge in [0.25, 0.3) is 0 Å². The van der Waals surface area contributed by atoms with Crippen LogP contribution in [0.15, 0.2) is 36.4 Å². The Kier molecular flexibility index (Phi) is 4.44. The van der Waals surface area contributed by atoms with Crippen LogP contribution < -0.4 is 10.1 Å². The molecule has 2 rings (SSSR count). The van der Waals surface area contributed by atoms with E-state index in [0.717, 1.165) is 5.56 Å². The molecule has 2 aromatic carbocycles. The van der Waals surface area contributed by atoms with Crippen molar-refractivity contribution < 1.29 is 9.13 Å². The second-order valence-electron chi connectivity index (χ2n) is 4.90. The molecule has 0 bridgehead atoms. The summed E-state index contributed by atoms with van der Waals surface area (Å²) in [7, 11) is 1.57. The SMILES string of the molecule is COc1ccc(C#N)c(NC(C)c2ccc(C)c(F)c2)c1. The molecule has 0 fully saturated rings. The van der Waals surface area contributed by atoms with Crippen molar-refractivity contribution in [2.24, 2.45) is 0 Å². The number of ether oxygens (including phenoxy) is 1. The third-order valence-electron chi connectivity index (χ3n) is 3.42. The van der Waals surface area contributed by atoms with Crippen LogP contribution in [0.1, 0.15) is 29.7 Å². The van der Waals surface area contributed by atoms with Crippen LogP contribution in [0.2, 0.25) is 0 Å². The second-order valence-corrected chi connectivity index (χ2v) is 4.90. The number of rotatable bonds is 4. The Hall–Kier alpha value is -2.54. The average Bonchev–Trinajstić information content (AvgIpc) is 2.49. The van der Waals surface area contributed by atoms with Gasteiger partial charge in [0, 0.05) is 12.1 Å². The molecule has 108 valence electrons. The molecule has 1 atom stereocenters. The van der Waals surface area contributed by atoms with E-state index in [0.29, 0.717) is 22.6 Å². The summed E-state index contributed by atoms with van der Waals surface area (Å²) in [5.74, 6) is 0.436. The summed E-state index contributed by atoms with van der Waals surface area (Å²) in [6, 6.07) is 12.3. The second kappa shape index (κ2) is 6.27. The fraction of sp³-hybridized carbons (Fsp3) is 0.235. The molecule has 0 heterocycles. The quantitative estimate of drug-likeness (QED) is 0.915. The van der Waals surface area contributed by atoms with Gasteiger partial charge in [-0.1, -0.05) is 12.1 Å². The van der Waals surface area contributed by atoms with Gasteiger partial charge < -0.3 is 10.1 Å². The molecule has 0 aromatic heterocycles. The van der Waals surface area contributed by atoms with Crippen LogP contribution in [-0.4, -0.2) is 7.11 Å². The number of hydrogen-bond acceptors (Lipinski definition) is 3. The fourth-order valence-electron chi connectivity index (χ4n) is 2.06. The van der Waals surface area contributed by atoms with E-state index in [-0.39, 0.29) is 11.9 Å². The van der Waals surface area contributed by atoms with Crippen LogP contribution in [0.25, 0.3) is 0 Å². The maximum absolute atomic E-state index is 13.6. The topological polar surface area (TPSA) is 45.0 Å². The lowest BCUT2D eigenvalue weighted by molar-refractivity contribution is 0.415. The van der Waals surface area contributed by atoms with Gasteiger partial charge in [0.2, 0.25) is 0 Å². The first-order valence-corrected chi connectivity index (χ1v) is 6.66. The molecule has 1 unspecified atom stereocenters. The summed E-state index contributed by atoms with van der Waals surface area (Å²) in [6.45, 7) is 3.65. The molecule has 2 aromatic rings. The lowest BCUT2D eigenvalue weighted by atomic mass is 10.0. The third kappa shape index (κ3) is 3.32. The van der Waals surface area contributed by atoms with Crippen molar-refractivity contribution in [2.75, 3.05) is 12.4 Å². The molecule has 0 aliphatic carbocycles. The van der Waals surface area contributed by atoms with Gasteiger partial charge in [0.15, 0.2) is 0 Å². The van der Waals surface area contributed by atoms with Gasteiger partial charge in [-0.25, -0.2) is 4.39 Å². The van der Waals surface area contributed by atoms with Crippen molar-refractivity contribution in [1.82, 2.24) is 0 Å². The smallest absolute Gasteiger partial charge is 0.126 e. The number of nitrogens with zero attached hydrogens (tertiary/aromatic N) is 1. The highest BCUT2D eigenvalue weighted by Gasteiger charge is 2.11. The Morgan fingerprint density at radius 1 is 1.24 bits per heavy atom. The fourth-order valence-corrected chi connectivity index (χ4v) is 2.06. The summed E-state index contributed by atoms with van der Waals surface area (Å²) in [5.41, 5.74) is 2.63. The Morgan fingerprint density at radius 2 is 2.00 bits per heavy atom. The van der Waals surface area contributed by atoms with Crippen LogP contribution in [0.3, 0.4) is 0 Å². The van der Waals surface area contributed by atoms with E-state index in [1.807, 2.05) is 13.0 Å². The molecular weight excluding hydrogens is 267 g/mol. The van der Waals surface area contributed by atoms with E-state index >= 15 is 0 Å². The number of anilines is 1. The molecule has 0 spiro atoms. The minimum absolute atomic E-state index is 0.126. The zero-order valence-corrected chi connectivity index (χ0v) is 12.3. The summed E-state index contributed by atoms with van der Waals surface area (Å²) < 4.78 is 18.8. The predicted octanol–water partition coefficient (Wildman–Crippen LogP) is 4.19. The van der Waals surface area contributed by atoms with E-state index < -0.39 is 0 Å². The third-order valence-corrected chi connectivity index (χ3v) is 3.42. The molecular formula is C17H17FN2O. The number of aryl methyl sites for hydroxylation is 1. The standard InChI is InChI=1S/C17H17FN2O/c1-11-4-5-13(8-16(11)18)12(2)20-17-9-15(21-3)7-6-14(17)10-19/h4-9,12,20H,1-3H3. The van der Waals surface area contributed by atoms with Crippen LogP contribution >= 0.6 is 0 Å². The zero-order chi connectivity index (χ0) is 15.4. The Bertz CT molecular complexity index is 692. The van der Waals surface area contributed by atoms with Gasteiger partial charge in [-0.2, -0.15) is 5.26 Å². The monoisotopic (exact) mass is 284 g/mol. The largest absolute Gasteiger partial charge is 0.497 e. The molecule has 1 N–H and O–H groups in total. The Morgan fingerprint density at radius 3 is 2.62 bits per heavy atom. The maximum Gasteiger partial charge on any atom is 0.126 e. The molecule has 0 saturated carbocycles. The minimum atomic E-state index is -0.229. The van der Waals surface area contributed by atoms with Crippen molar-refractivity contribution in [1.29, 1.82) is 5.26 Å². The zero-order valence-electron chi connectivity index (χ0n) is 12.3. The summed E-state index contributed by atoms with van der Waals surface area (Å²) in [6.07, 6.45) is 0. The maximum atomic E-state index is 13.6. The number of nitriles is 1. The van der Waals surface area contributed by atoms with E-state index in [9.17, 15) is 4.39 Å². The van der Waals surface area contributed by atoms with Gasteiger partial charge >= 0.3 is 0 Å². The normalized spacial score (nSPS) is 11.6. The average molecular weight is 284 g/mol. The number of benzene rings is 2. The first-order valence-electron chi connectivity index (χ1n) is 6.66. The Balaban J connectivity index is 2.28. The molecule has 0 amide bonds. The van der Waals surface area contributed by atoms with Crippen molar-refractivity contribution in [3.63, 3.8) is 0 Å². The van der Waals surface area contributed by atoms with Crippen LogP contribution in [0.5, 0.6) is 5.75 Å². The first kappa shape index (κ1) is 14.9. The molecule has 0 radical (unpaired) electrons. The lowest BCUT2D eigenvalue weighted by Gasteiger charge is -2.18. The summed E-state index contributed by atoms with van der Waals surface area (Å²) in [5, 5.41) is 12.4. The van der Waals surface area contributed by atoms with Crippen LogP contribution in [0, 0.1) is 24.1 Å². The predicted molar refractivity (Wildman–Crippen MR) is 80.9 cm³/mol. The highest BCUT2D eigenvalue weighted by Crippen LogP contribution is 2.26. The number of halogens is 1. The molecule has 0 aliphatic rings. The number of nitrogens with one attached hydrogen (secondary N) is 1. The summed E-state index contributed by atoms with van der Waals surface area (Å²) >= 11 is 0. The highest BCUT2D eigenvalue weighted by molar-refractivity contribution is 5.61. The van der Waals surface area contributed by atoms with Crippen molar-refractivity contribution in [2.45, 2.75) is 19.9 Å². The molecule has 4 heteroatoms. The number of methoxy groups -OCH3 is 1. The van der Waals surface area contributed by atoms with Crippen LogP contribution in [0.4, 0.5) is 10.1 Å². The van der Waals surface area contributed by atoms with E-state index in [1.54, 1.807) is 38.3 Å². The van der Waals surface area contributed by atoms with Gasteiger partial charge in [-0.05, 0) is 43.2 Å². The van der Waals surface area contributed by atoms with E-state index in [4.69, 9.17) is 10.00 Å². The van der Waals surface area contributed by atoms with Gasteiger partial charge in [-0.3, -0.25) is 0 Å². The van der Waals surface area contributed by atoms with Gasteiger partial charge in [0.05, 0.1) is 18.4 Å². The van der Waals surface area contributed by atoms with Crippen molar-refractivity contribution >= 4 is 5.69 Å². The highest BCUT2D eigenvalue weighted by atomic mass is 19.1. The van der Waals surface area contributed by atoms with Gasteiger partial charge in [0.1, 0.15) is 17.6 Å². The molecule has 0 aliphatic heterocycles. The lowest BCUT2D eigenvalue weighted by Crippen LogP contribution is -2.08. The first-order chi connectivity index (χ1) is 10.0. The Labute approximate surface area is 124 Å². The molecule has 0 saturated heterocycles. The van der Waals surface area contributed by atoms with Crippen molar-refractivity contribution in [3.8, 4) is 11.8 Å².